The molecule has 2 heterocycles. The first kappa shape index (κ1) is 23.2. The summed E-state index contributed by atoms with van der Waals surface area (Å²) in [6.45, 7) is 1.86. The van der Waals surface area contributed by atoms with Crippen molar-refractivity contribution < 1.29 is 9.59 Å². The standard InChI is InChI=1S/C26H23N5O2S2/c1-17(27-25(33)18-10-4-3-5-11-18)24-28-29-26(30(24)2)34-16-23(32)31-19-12-6-8-14-21(19)35-22-15-9-7-13-20(22)31/h3-15,17H,16H2,1-2H3,(H,27,33)/t17-/m1/s1. The molecule has 7 nitrogen and oxygen atoms in total. The fourth-order valence-electron chi connectivity index (χ4n) is 3.93. The lowest BCUT2D eigenvalue weighted by Crippen LogP contribution is -2.30. The highest BCUT2D eigenvalue weighted by Crippen LogP contribution is 2.48. The summed E-state index contributed by atoms with van der Waals surface area (Å²) in [6.07, 6.45) is 0. The van der Waals surface area contributed by atoms with Gasteiger partial charge in [0.25, 0.3) is 5.91 Å². The number of nitrogens with one attached hydrogen (secondary N) is 1. The number of hydrogen-bond donors (Lipinski definition) is 1. The molecule has 0 spiro atoms. The molecular weight excluding hydrogens is 478 g/mol. The zero-order valence-electron chi connectivity index (χ0n) is 19.2. The first-order valence-corrected chi connectivity index (χ1v) is 12.9. The van der Waals surface area contributed by atoms with Crippen LogP contribution < -0.4 is 10.2 Å². The Labute approximate surface area is 211 Å². The molecular formula is C26H23N5O2S2. The van der Waals surface area contributed by atoms with Gasteiger partial charge in [0.15, 0.2) is 11.0 Å². The summed E-state index contributed by atoms with van der Waals surface area (Å²) in [5.41, 5.74) is 2.36. The van der Waals surface area contributed by atoms with E-state index in [2.05, 4.69) is 15.5 Å². The molecule has 176 valence electrons. The number of fused-ring (bicyclic) bond motifs is 2. The Hall–Kier alpha value is -3.56. The quantitative estimate of drug-likeness (QED) is 0.365. The maximum Gasteiger partial charge on any atom is 0.251 e. The highest BCUT2D eigenvalue weighted by atomic mass is 32.2. The summed E-state index contributed by atoms with van der Waals surface area (Å²) in [4.78, 5) is 29.8. The van der Waals surface area contributed by atoms with E-state index in [-0.39, 0.29) is 23.6 Å². The predicted octanol–water partition coefficient (Wildman–Crippen LogP) is 5.23. The van der Waals surface area contributed by atoms with E-state index in [1.165, 1.54) is 11.8 Å². The van der Waals surface area contributed by atoms with E-state index >= 15 is 0 Å². The summed E-state index contributed by atoms with van der Waals surface area (Å²) in [5, 5.41) is 12.1. The van der Waals surface area contributed by atoms with Crippen LogP contribution in [-0.2, 0) is 11.8 Å². The van der Waals surface area contributed by atoms with Crippen molar-refractivity contribution in [2.24, 2.45) is 7.05 Å². The molecule has 5 rings (SSSR count). The van der Waals surface area contributed by atoms with E-state index in [4.69, 9.17) is 0 Å². The Morgan fingerprint density at radius 2 is 1.51 bits per heavy atom. The number of amides is 2. The summed E-state index contributed by atoms with van der Waals surface area (Å²) in [6, 6.07) is 24.6. The number of nitrogens with zero attached hydrogens (tertiary/aromatic N) is 4. The molecule has 1 aliphatic rings. The SMILES string of the molecule is C[C@@H](NC(=O)c1ccccc1)c1nnc(SCC(=O)N2c3ccccc3Sc3ccccc32)n1C. The van der Waals surface area contributed by atoms with E-state index in [0.717, 1.165) is 21.2 Å². The van der Waals surface area contributed by atoms with Gasteiger partial charge in [0.1, 0.15) is 0 Å². The van der Waals surface area contributed by atoms with Gasteiger partial charge in [0, 0.05) is 22.4 Å². The van der Waals surface area contributed by atoms with Crippen LogP contribution in [0.3, 0.4) is 0 Å². The molecule has 1 aliphatic heterocycles. The maximum absolute atomic E-state index is 13.4. The molecule has 0 saturated heterocycles. The van der Waals surface area contributed by atoms with E-state index < -0.39 is 0 Å². The molecule has 0 bridgehead atoms. The van der Waals surface area contributed by atoms with Crippen LogP contribution in [-0.4, -0.2) is 32.3 Å². The molecule has 0 unspecified atom stereocenters. The zero-order chi connectivity index (χ0) is 24.4. The maximum atomic E-state index is 13.4. The number of thioether (sulfide) groups is 1. The number of para-hydroxylation sites is 2. The van der Waals surface area contributed by atoms with Gasteiger partial charge in [-0.3, -0.25) is 14.5 Å². The van der Waals surface area contributed by atoms with Gasteiger partial charge >= 0.3 is 0 Å². The first-order valence-electron chi connectivity index (χ1n) is 11.1. The minimum Gasteiger partial charge on any atom is -0.342 e. The van der Waals surface area contributed by atoms with Crippen LogP contribution in [0.1, 0.15) is 29.1 Å². The Morgan fingerprint density at radius 3 is 2.17 bits per heavy atom. The van der Waals surface area contributed by atoms with Gasteiger partial charge in [0.2, 0.25) is 5.91 Å². The van der Waals surface area contributed by atoms with Gasteiger partial charge < -0.3 is 9.88 Å². The second-order valence-corrected chi connectivity index (χ2v) is 10.0. The normalized spacial score (nSPS) is 13.0. The highest BCUT2D eigenvalue weighted by Gasteiger charge is 2.28. The fourth-order valence-corrected chi connectivity index (χ4v) is 5.75. The van der Waals surface area contributed by atoms with Crippen molar-refractivity contribution in [2.75, 3.05) is 10.7 Å². The first-order chi connectivity index (χ1) is 17.0. The van der Waals surface area contributed by atoms with Gasteiger partial charge in [-0.25, -0.2) is 0 Å². The van der Waals surface area contributed by atoms with Gasteiger partial charge in [-0.2, -0.15) is 0 Å². The molecule has 4 aromatic rings. The fraction of sp³-hybridized carbons (Fsp3) is 0.154. The molecule has 0 fully saturated rings. The number of anilines is 2. The van der Waals surface area contributed by atoms with Crippen molar-refractivity contribution in [3.63, 3.8) is 0 Å². The number of carbonyl (C=O) groups is 2. The molecule has 1 atom stereocenters. The van der Waals surface area contributed by atoms with Crippen molar-refractivity contribution in [1.29, 1.82) is 0 Å². The van der Waals surface area contributed by atoms with Crippen molar-refractivity contribution in [3.05, 3.63) is 90.3 Å². The van der Waals surface area contributed by atoms with Gasteiger partial charge in [0.05, 0.1) is 23.2 Å². The second kappa shape index (κ2) is 9.97. The van der Waals surface area contributed by atoms with Crippen molar-refractivity contribution >= 4 is 46.7 Å². The van der Waals surface area contributed by atoms with Crippen LogP contribution in [0.5, 0.6) is 0 Å². The molecule has 9 heteroatoms. The van der Waals surface area contributed by atoms with E-state index in [0.29, 0.717) is 16.5 Å². The molecule has 0 aliphatic carbocycles. The lowest BCUT2D eigenvalue weighted by molar-refractivity contribution is -0.115. The average molecular weight is 502 g/mol. The molecule has 1 aromatic heterocycles. The summed E-state index contributed by atoms with van der Waals surface area (Å²) < 4.78 is 1.82. The number of carbonyl (C=O) groups excluding carboxylic acids is 2. The third-order valence-corrected chi connectivity index (χ3v) is 7.78. The van der Waals surface area contributed by atoms with Crippen LogP contribution in [0, 0.1) is 0 Å². The summed E-state index contributed by atoms with van der Waals surface area (Å²) >= 11 is 3.00. The number of rotatable bonds is 6. The van der Waals surface area contributed by atoms with E-state index in [1.54, 1.807) is 28.8 Å². The Bertz CT molecular complexity index is 1340. The minimum absolute atomic E-state index is 0.0369. The summed E-state index contributed by atoms with van der Waals surface area (Å²) in [5.74, 6) is 0.606. The summed E-state index contributed by atoms with van der Waals surface area (Å²) in [7, 11) is 1.84. The topological polar surface area (TPSA) is 80.1 Å². The number of aromatic nitrogens is 3. The van der Waals surface area contributed by atoms with Gasteiger partial charge in [-0.05, 0) is 43.3 Å². The lowest BCUT2D eigenvalue weighted by Gasteiger charge is -2.30. The minimum atomic E-state index is -0.344. The van der Waals surface area contributed by atoms with Crippen LogP contribution in [0.2, 0.25) is 0 Å². The molecule has 2 amide bonds. The molecule has 0 saturated carbocycles. The Kier molecular flexibility index (Phi) is 6.61. The average Bonchev–Trinajstić information content (AvgIpc) is 3.26. The Balaban J connectivity index is 1.30. The monoisotopic (exact) mass is 501 g/mol. The smallest absolute Gasteiger partial charge is 0.251 e. The lowest BCUT2D eigenvalue weighted by atomic mass is 10.2. The van der Waals surface area contributed by atoms with Crippen molar-refractivity contribution in [2.45, 2.75) is 27.9 Å². The molecule has 35 heavy (non-hydrogen) atoms. The third kappa shape index (κ3) is 4.69. The molecule has 3 aromatic carbocycles. The van der Waals surface area contributed by atoms with Crippen LogP contribution >= 0.6 is 23.5 Å². The van der Waals surface area contributed by atoms with Crippen LogP contribution in [0.25, 0.3) is 0 Å². The number of hydrogen-bond acceptors (Lipinski definition) is 6. The third-order valence-electron chi connectivity index (χ3n) is 5.65. The van der Waals surface area contributed by atoms with Crippen molar-refractivity contribution in [3.8, 4) is 0 Å². The molecule has 0 radical (unpaired) electrons. The van der Waals surface area contributed by atoms with Crippen molar-refractivity contribution in [1.82, 2.24) is 20.1 Å². The largest absolute Gasteiger partial charge is 0.342 e. The van der Waals surface area contributed by atoms with Crippen LogP contribution in [0.4, 0.5) is 11.4 Å². The van der Waals surface area contributed by atoms with Gasteiger partial charge in [-0.15, -0.1) is 10.2 Å². The number of benzene rings is 3. The van der Waals surface area contributed by atoms with Crippen LogP contribution in [0.15, 0.2) is 93.8 Å². The van der Waals surface area contributed by atoms with E-state index in [9.17, 15) is 9.59 Å². The Morgan fingerprint density at radius 1 is 0.914 bits per heavy atom. The highest BCUT2D eigenvalue weighted by molar-refractivity contribution is 8.00. The van der Waals surface area contributed by atoms with E-state index in [1.807, 2.05) is 85.3 Å². The van der Waals surface area contributed by atoms with Gasteiger partial charge in [-0.1, -0.05) is 66.0 Å². The predicted molar refractivity (Wildman–Crippen MR) is 138 cm³/mol. The second-order valence-electron chi connectivity index (χ2n) is 8.02. The zero-order valence-corrected chi connectivity index (χ0v) is 20.8. The molecule has 1 N–H and O–H groups in total.